The van der Waals surface area contributed by atoms with E-state index in [1.54, 1.807) is 6.33 Å². The highest BCUT2D eigenvalue weighted by Gasteiger charge is 2.22. The lowest BCUT2D eigenvalue weighted by Crippen LogP contribution is -2.46. The number of nitrogens with one attached hydrogen (secondary N) is 2. The predicted molar refractivity (Wildman–Crippen MR) is 202 cm³/mol. The van der Waals surface area contributed by atoms with Gasteiger partial charge in [-0.2, -0.15) is 0 Å². The number of hydrogen-bond acceptors (Lipinski definition) is 7. The Balaban J connectivity index is 0.000000373. The summed E-state index contributed by atoms with van der Waals surface area (Å²) in [5.41, 5.74) is 10.4. The summed E-state index contributed by atoms with van der Waals surface area (Å²) in [6.45, 7) is 27.6. The van der Waals surface area contributed by atoms with E-state index in [9.17, 15) is 0 Å². The number of likely N-dealkylation sites (N-methyl/N-ethyl adjacent to an activating group) is 1. The van der Waals surface area contributed by atoms with Crippen LogP contribution in [0.4, 0.5) is 5.82 Å². The molecule has 1 fully saturated rings. The van der Waals surface area contributed by atoms with E-state index in [1.807, 2.05) is 104 Å². The number of rotatable bonds is 16. The number of nitrogens with two attached hydrogens (primary N) is 1. The standard InChI is InChI=1S/C28H35N5O.C12H20N2/c1-6-26(24-15-11-8-12-16-24)33-17-27(30-20-33)31-21(2)25(32-22(3)28(4,5)29)19-34-18-23-13-9-7-10-14-23;1-4-5-6-7-12(2)14-10-8-13(3)9-11-14/h6-17,20,25-26,31-32H,1-3,18-19,29H2,4-5H3;4-7H,2,8-11H2,1,3H3/b;5-4-,7-6-. The molecular weight excluding hydrogens is 594 g/mol. The summed E-state index contributed by atoms with van der Waals surface area (Å²) in [4.78, 5) is 9.20. The van der Waals surface area contributed by atoms with Crippen LogP contribution in [0.2, 0.25) is 0 Å². The van der Waals surface area contributed by atoms with E-state index in [0.29, 0.717) is 30.4 Å². The summed E-state index contributed by atoms with van der Waals surface area (Å²) < 4.78 is 8.00. The van der Waals surface area contributed by atoms with E-state index in [-0.39, 0.29) is 12.1 Å². The van der Waals surface area contributed by atoms with Gasteiger partial charge in [-0.15, -0.1) is 6.58 Å². The molecule has 0 spiro atoms. The van der Waals surface area contributed by atoms with Gasteiger partial charge < -0.3 is 35.5 Å². The Kier molecular flexibility index (Phi) is 15.2. The topological polar surface area (TPSA) is 83.6 Å². The van der Waals surface area contributed by atoms with Gasteiger partial charge in [-0.05, 0) is 45.0 Å². The maximum absolute atomic E-state index is 6.23. The molecule has 4 rings (SSSR count). The van der Waals surface area contributed by atoms with Gasteiger partial charge in [0.05, 0.1) is 31.6 Å². The van der Waals surface area contributed by atoms with Gasteiger partial charge in [0.25, 0.3) is 0 Å². The van der Waals surface area contributed by atoms with E-state index in [2.05, 4.69) is 77.0 Å². The van der Waals surface area contributed by atoms with Crippen molar-refractivity contribution in [1.82, 2.24) is 24.7 Å². The number of hydrogen-bond donors (Lipinski definition) is 3. The molecule has 4 N–H and O–H groups in total. The van der Waals surface area contributed by atoms with Crippen molar-refractivity contribution < 1.29 is 4.74 Å². The van der Waals surface area contributed by atoms with Crippen molar-refractivity contribution in [3.05, 3.63) is 158 Å². The number of imidazole rings is 1. The first kappa shape index (κ1) is 37.8. The van der Waals surface area contributed by atoms with E-state index in [4.69, 9.17) is 10.5 Å². The number of piperazine rings is 1. The van der Waals surface area contributed by atoms with Gasteiger partial charge in [0.1, 0.15) is 5.82 Å². The van der Waals surface area contributed by atoms with E-state index in [0.717, 1.165) is 43.0 Å². The lowest BCUT2D eigenvalue weighted by molar-refractivity contribution is 0.108. The van der Waals surface area contributed by atoms with Crippen LogP contribution in [0, 0.1) is 0 Å². The third-order valence-corrected chi connectivity index (χ3v) is 8.02. The fourth-order valence-electron chi connectivity index (χ4n) is 4.86. The minimum Gasteiger partial charge on any atom is -0.377 e. The van der Waals surface area contributed by atoms with Gasteiger partial charge in [0, 0.05) is 55.0 Å². The largest absolute Gasteiger partial charge is 0.377 e. The molecule has 256 valence electrons. The van der Waals surface area contributed by atoms with Gasteiger partial charge in [-0.3, -0.25) is 0 Å². The third-order valence-electron chi connectivity index (χ3n) is 8.02. The number of anilines is 1. The van der Waals surface area contributed by atoms with Crippen LogP contribution in [0.5, 0.6) is 0 Å². The summed E-state index contributed by atoms with van der Waals surface area (Å²) in [5, 5.41) is 6.69. The Hall–Kier alpha value is -4.63. The van der Waals surface area contributed by atoms with Gasteiger partial charge in [0.2, 0.25) is 0 Å². The van der Waals surface area contributed by atoms with E-state index >= 15 is 0 Å². The molecular formula is C40H55N7O. The maximum atomic E-state index is 6.23. The van der Waals surface area contributed by atoms with Crippen LogP contribution in [-0.4, -0.2) is 70.8 Å². The molecule has 1 aromatic heterocycles. The first-order valence-corrected chi connectivity index (χ1v) is 16.5. The van der Waals surface area contributed by atoms with Crippen molar-refractivity contribution in [2.75, 3.05) is 45.2 Å². The van der Waals surface area contributed by atoms with Gasteiger partial charge >= 0.3 is 0 Å². The van der Waals surface area contributed by atoms with E-state index < -0.39 is 5.54 Å². The van der Waals surface area contributed by atoms with Crippen LogP contribution in [0.3, 0.4) is 0 Å². The van der Waals surface area contributed by atoms with Crippen LogP contribution in [0.15, 0.2) is 147 Å². The maximum Gasteiger partial charge on any atom is 0.148 e. The molecule has 8 nitrogen and oxygen atoms in total. The Morgan fingerprint density at radius 2 is 1.65 bits per heavy atom. The SMILES string of the molecule is C=C(/C=C\C=C/C)N1CCN(C)CC1.C=CC(c1ccccc1)n1cnc(NC(=C)C(COCc2ccccc2)NC(=C)C(C)(C)N)c1. The number of allylic oxidation sites excluding steroid dienone is 5. The second-order valence-corrected chi connectivity index (χ2v) is 12.5. The number of benzene rings is 2. The zero-order valence-corrected chi connectivity index (χ0v) is 29.3. The molecule has 0 bridgehead atoms. The lowest BCUT2D eigenvalue weighted by Gasteiger charge is -2.34. The van der Waals surface area contributed by atoms with Crippen molar-refractivity contribution in [2.45, 2.75) is 45.0 Å². The molecule has 0 radical (unpaired) electrons. The molecule has 3 aromatic rings. The fourth-order valence-corrected chi connectivity index (χ4v) is 4.86. The normalized spacial score (nSPS) is 15.0. The average molecular weight is 650 g/mol. The molecule has 2 atom stereocenters. The quantitative estimate of drug-likeness (QED) is 0.115. The van der Waals surface area contributed by atoms with Crippen LogP contribution in [0.25, 0.3) is 0 Å². The second kappa shape index (κ2) is 19.3. The Bertz CT molecular complexity index is 1490. The molecule has 48 heavy (non-hydrogen) atoms. The molecule has 0 aliphatic carbocycles. The van der Waals surface area contributed by atoms with Crippen molar-refractivity contribution in [2.24, 2.45) is 5.73 Å². The summed E-state index contributed by atoms with van der Waals surface area (Å²) in [5.74, 6) is 0.681. The van der Waals surface area contributed by atoms with Crippen molar-refractivity contribution >= 4 is 5.82 Å². The molecule has 8 heteroatoms. The molecule has 1 aliphatic heterocycles. The van der Waals surface area contributed by atoms with Crippen LogP contribution in [0.1, 0.15) is 37.9 Å². The highest BCUT2D eigenvalue weighted by Crippen LogP contribution is 2.22. The number of nitrogens with zero attached hydrogens (tertiary/aromatic N) is 4. The van der Waals surface area contributed by atoms with Gasteiger partial charge in [-0.25, -0.2) is 4.98 Å². The fraction of sp³-hybridized carbons (Fsp3) is 0.325. The minimum absolute atomic E-state index is 0.0153. The second-order valence-electron chi connectivity index (χ2n) is 12.5. The van der Waals surface area contributed by atoms with Crippen molar-refractivity contribution in [3.63, 3.8) is 0 Å². The van der Waals surface area contributed by atoms with Gasteiger partial charge in [-0.1, -0.05) is 105 Å². The smallest absolute Gasteiger partial charge is 0.148 e. The average Bonchev–Trinajstić information content (AvgIpc) is 3.53. The van der Waals surface area contributed by atoms with Crippen LogP contribution >= 0.6 is 0 Å². The molecule has 0 saturated carbocycles. The van der Waals surface area contributed by atoms with Crippen LogP contribution < -0.4 is 16.4 Å². The summed E-state index contributed by atoms with van der Waals surface area (Å²) in [6.07, 6.45) is 13.8. The summed E-state index contributed by atoms with van der Waals surface area (Å²) in [7, 11) is 2.16. The number of aromatic nitrogens is 2. The minimum atomic E-state index is -0.591. The Labute approximate surface area is 288 Å². The molecule has 1 aliphatic rings. The van der Waals surface area contributed by atoms with Crippen LogP contribution in [-0.2, 0) is 11.3 Å². The zero-order valence-electron chi connectivity index (χ0n) is 29.3. The highest BCUT2D eigenvalue weighted by atomic mass is 16.5. The molecule has 0 amide bonds. The number of ether oxygens (including phenoxy) is 1. The first-order chi connectivity index (χ1) is 23.0. The molecule has 1 saturated heterocycles. The molecule has 2 aromatic carbocycles. The Morgan fingerprint density at radius 1 is 1.00 bits per heavy atom. The highest BCUT2D eigenvalue weighted by molar-refractivity contribution is 5.41. The van der Waals surface area contributed by atoms with Crippen molar-refractivity contribution in [1.29, 1.82) is 0 Å². The molecule has 2 unspecified atom stereocenters. The van der Waals surface area contributed by atoms with Crippen molar-refractivity contribution in [3.8, 4) is 0 Å². The molecule has 2 heterocycles. The Morgan fingerprint density at radius 3 is 2.25 bits per heavy atom. The first-order valence-electron chi connectivity index (χ1n) is 16.5. The lowest BCUT2D eigenvalue weighted by atomic mass is 10.0. The van der Waals surface area contributed by atoms with Gasteiger partial charge in [0.15, 0.2) is 0 Å². The monoisotopic (exact) mass is 649 g/mol. The zero-order chi connectivity index (χ0) is 34.9. The van der Waals surface area contributed by atoms with E-state index in [1.165, 1.54) is 0 Å². The summed E-state index contributed by atoms with van der Waals surface area (Å²) in [6, 6.07) is 19.9. The third kappa shape index (κ3) is 12.5. The predicted octanol–water partition coefficient (Wildman–Crippen LogP) is 6.89. The summed E-state index contributed by atoms with van der Waals surface area (Å²) >= 11 is 0.